The number of hydrogen-bond acceptors (Lipinski definition) is 4. The van der Waals surface area contributed by atoms with Crippen LogP contribution in [0, 0.1) is 13.8 Å². The van der Waals surface area contributed by atoms with Crippen molar-refractivity contribution < 1.29 is 8.78 Å². The largest absolute Gasteiger partial charge is 0.364 e. The fourth-order valence-electron chi connectivity index (χ4n) is 1.10. The topological polar surface area (TPSA) is 63.8 Å². The second kappa shape index (κ2) is 4.48. The minimum absolute atomic E-state index is 0.396. The van der Waals surface area contributed by atoms with Crippen LogP contribution in [0.3, 0.4) is 0 Å². The summed E-state index contributed by atoms with van der Waals surface area (Å²) in [6.45, 7) is 2.29. The summed E-state index contributed by atoms with van der Waals surface area (Å²) in [6.07, 6.45) is 0. The van der Waals surface area contributed by atoms with Crippen LogP contribution in [0.4, 0.5) is 14.6 Å². The molecule has 0 saturated carbocycles. The number of nitrogens with one attached hydrogen (secondary N) is 1. The zero-order valence-corrected chi connectivity index (χ0v) is 8.72. The second-order valence-electron chi connectivity index (χ2n) is 3.36. The third-order valence-electron chi connectivity index (χ3n) is 1.79. The number of hydrogen-bond donors (Lipinski definition) is 2. The van der Waals surface area contributed by atoms with E-state index in [-0.39, 0.29) is 0 Å². The molecule has 0 aliphatic heterocycles. The Bertz CT molecular complexity index is 321. The van der Waals surface area contributed by atoms with Crippen molar-refractivity contribution in [2.75, 3.05) is 18.4 Å². The Morgan fingerprint density at radius 1 is 1.40 bits per heavy atom. The lowest BCUT2D eigenvalue weighted by atomic mass is 10.3. The van der Waals surface area contributed by atoms with Crippen molar-refractivity contribution in [2.24, 2.45) is 5.73 Å². The monoisotopic (exact) mass is 216 g/mol. The first-order valence-corrected chi connectivity index (χ1v) is 4.57. The second-order valence-corrected chi connectivity index (χ2v) is 3.36. The SMILES string of the molecule is Cc1cc(NCC(F)(F)CN)nc(C)n1. The lowest BCUT2D eigenvalue weighted by Gasteiger charge is -2.15. The molecule has 0 aliphatic carbocycles. The van der Waals surface area contributed by atoms with Crippen LogP contribution in [0.2, 0.25) is 0 Å². The summed E-state index contributed by atoms with van der Waals surface area (Å²) in [7, 11) is 0. The van der Waals surface area contributed by atoms with Gasteiger partial charge in [-0.2, -0.15) is 0 Å². The van der Waals surface area contributed by atoms with Gasteiger partial charge in [0.25, 0.3) is 5.92 Å². The van der Waals surface area contributed by atoms with E-state index in [1.165, 1.54) is 0 Å². The molecule has 0 aromatic carbocycles. The number of rotatable bonds is 4. The van der Waals surface area contributed by atoms with Gasteiger partial charge in [-0.1, -0.05) is 0 Å². The molecule has 0 atom stereocenters. The highest BCUT2D eigenvalue weighted by atomic mass is 19.3. The summed E-state index contributed by atoms with van der Waals surface area (Å²) in [6, 6.07) is 1.61. The van der Waals surface area contributed by atoms with Crippen molar-refractivity contribution in [1.82, 2.24) is 9.97 Å². The molecule has 1 aromatic rings. The smallest absolute Gasteiger partial charge is 0.276 e. The van der Waals surface area contributed by atoms with Crippen LogP contribution in [0.15, 0.2) is 6.07 Å². The number of halogens is 2. The number of aromatic nitrogens is 2. The van der Waals surface area contributed by atoms with Crippen molar-refractivity contribution in [2.45, 2.75) is 19.8 Å². The van der Waals surface area contributed by atoms with E-state index >= 15 is 0 Å². The first-order chi connectivity index (χ1) is 6.93. The van der Waals surface area contributed by atoms with E-state index in [4.69, 9.17) is 5.73 Å². The van der Waals surface area contributed by atoms with Crippen LogP contribution in [0.1, 0.15) is 11.5 Å². The Morgan fingerprint density at radius 2 is 2.07 bits per heavy atom. The molecular formula is C9H14F2N4. The molecule has 0 fully saturated rings. The molecular weight excluding hydrogens is 202 g/mol. The molecule has 1 rings (SSSR count). The molecule has 1 aromatic heterocycles. The molecule has 3 N–H and O–H groups in total. The van der Waals surface area contributed by atoms with E-state index in [9.17, 15) is 8.78 Å². The Morgan fingerprint density at radius 3 is 2.60 bits per heavy atom. The average molecular weight is 216 g/mol. The molecule has 0 saturated heterocycles. The Hall–Kier alpha value is -1.30. The number of anilines is 1. The summed E-state index contributed by atoms with van der Waals surface area (Å²) in [5, 5.41) is 2.54. The molecule has 0 radical (unpaired) electrons. The zero-order chi connectivity index (χ0) is 11.5. The molecule has 4 nitrogen and oxygen atoms in total. The quantitative estimate of drug-likeness (QED) is 0.791. The first kappa shape index (κ1) is 11.8. The van der Waals surface area contributed by atoms with Crippen LogP contribution in [0.5, 0.6) is 0 Å². The fourth-order valence-corrected chi connectivity index (χ4v) is 1.10. The zero-order valence-electron chi connectivity index (χ0n) is 8.72. The summed E-state index contributed by atoms with van der Waals surface area (Å²) < 4.78 is 25.6. The summed E-state index contributed by atoms with van der Waals surface area (Å²) in [5.41, 5.74) is 5.64. The highest BCUT2D eigenvalue weighted by molar-refractivity contribution is 5.35. The van der Waals surface area contributed by atoms with Gasteiger partial charge in [-0.25, -0.2) is 18.7 Å². The van der Waals surface area contributed by atoms with Crippen LogP contribution in [-0.2, 0) is 0 Å². The van der Waals surface area contributed by atoms with Gasteiger partial charge < -0.3 is 11.1 Å². The minimum atomic E-state index is -2.91. The van der Waals surface area contributed by atoms with Gasteiger partial charge in [-0.3, -0.25) is 0 Å². The van der Waals surface area contributed by atoms with E-state index in [0.29, 0.717) is 11.6 Å². The van der Waals surface area contributed by atoms with Gasteiger partial charge in [0, 0.05) is 11.8 Å². The predicted octanol–water partition coefficient (Wildman–Crippen LogP) is 1.10. The lowest BCUT2D eigenvalue weighted by molar-refractivity contribution is 0.0253. The van der Waals surface area contributed by atoms with Crippen LogP contribution in [0.25, 0.3) is 0 Å². The molecule has 0 aliphatic rings. The molecule has 0 spiro atoms. The first-order valence-electron chi connectivity index (χ1n) is 4.57. The number of alkyl halides is 2. The highest BCUT2D eigenvalue weighted by Crippen LogP contribution is 2.13. The molecule has 1 heterocycles. The summed E-state index contributed by atoms with van der Waals surface area (Å²) >= 11 is 0. The Balaban J connectivity index is 2.65. The van der Waals surface area contributed by atoms with Gasteiger partial charge in [0.05, 0.1) is 13.1 Å². The van der Waals surface area contributed by atoms with Gasteiger partial charge >= 0.3 is 0 Å². The van der Waals surface area contributed by atoms with Gasteiger partial charge in [-0.05, 0) is 13.8 Å². The van der Waals surface area contributed by atoms with Crippen molar-refractivity contribution in [3.05, 3.63) is 17.6 Å². The van der Waals surface area contributed by atoms with Gasteiger partial charge in [-0.15, -0.1) is 0 Å². The predicted molar refractivity (Wildman–Crippen MR) is 54.0 cm³/mol. The Labute approximate surface area is 86.9 Å². The minimum Gasteiger partial charge on any atom is -0.364 e. The molecule has 15 heavy (non-hydrogen) atoms. The standard InChI is InChI=1S/C9H14F2N4/c1-6-3-8(15-7(2)14-6)13-5-9(10,11)4-12/h3H,4-5,12H2,1-2H3,(H,13,14,15). The van der Waals surface area contributed by atoms with Gasteiger partial charge in [0.1, 0.15) is 11.6 Å². The van der Waals surface area contributed by atoms with Crippen LogP contribution >= 0.6 is 0 Å². The lowest BCUT2D eigenvalue weighted by Crippen LogP contribution is -2.35. The molecule has 0 unspecified atom stereocenters. The Kier molecular flexibility index (Phi) is 3.52. The van der Waals surface area contributed by atoms with Crippen molar-refractivity contribution in [3.8, 4) is 0 Å². The molecule has 84 valence electrons. The van der Waals surface area contributed by atoms with Crippen molar-refractivity contribution in [1.29, 1.82) is 0 Å². The molecule has 6 heteroatoms. The number of nitrogens with two attached hydrogens (primary N) is 1. The molecule has 0 amide bonds. The number of nitrogens with zero attached hydrogens (tertiary/aromatic N) is 2. The fraction of sp³-hybridized carbons (Fsp3) is 0.556. The maximum Gasteiger partial charge on any atom is 0.276 e. The normalized spacial score (nSPS) is 11.5. The van der Waals surface area contributed by atoms with E-state index in [2.05, 4.69) is 15.3 Å². The third kappa shape index (κ3) is 3.75. The summed E-state index contributed by atoms with van der Waals surface area (Å²) in [4.78, 5) is 8.01. The number of aryl methyl sites for hydroxylation is 2. The van der Waals surface area contributed by atoms with Crippen molar-refractivity contribution in [3.63, 3.8) is 0 Å². The van der Waals surface area contributed by atoms with E-state index in [1.807, 2.05) is 0 Å². The van der Waals surface area contributed by atoms with E-state index < -0.39 is 19.0 Å². The average Bonchev–Trinajstić information content (AvgIpc) is 2.14. The van der Waals surface area contributed by atoms with E-state index in [0.717, 1.165) is 5.69 Å². The maximum absolute atomic E-state index is 12.8. The maximum atomic E-state index is 12.8. The highest BCUT2D eigenvalue weighted by Gasteiger charge is 2.26. The molecule has 0 bridgehead atoms. The van der Waals surface area contributed by atoms with Crippen LogP contribution < -0.4 is 11.1 Å². The van der Waals surface area contributed by atoms with Gasteiger partial charge in [0.15, 0.2) is 0 Å². The van der Waals surface area contributed by atoms with E-state index in [1.54, 1.807) is 19.9 Å². The third-order valence-corrected chi connectivity index (χ3v) is 1.79. The van der Waals surface area contributed by atoms with Gasteiger partial charge in [0.2, 0.25) is 0 Å². The summed E-state index contributed by atoms with van der Waals surface area (Å²) in [5.74, 6) is -1.96. The van der Waals surface area contributed by atoms with Crippen molar-refractivity contribution >= 4 is 5.82 Å². The van der Waals surface area contributed by atoms with Crippen LogP contribution in [-0.4, -0.2) is 29.0 Å².